The quantitative estimate of drug-likeness (QED) is 0.448. The van der Waals surface area contributed by atoms with Gasteiger partial charge in [0.1, 0.15) is 19.8 Å². The molecule has 5 rings (SSSR count). The van der Waals surface area contributed by atoms with Crippen molar-refractivity contribution < 1.29 is 22.7 Å². The minimum atomic E-state index is -3.98. The number of anilines is 2. The highest BCUT2D eigenvalue weighted by Crippen LogP contribution is 2.35. The number of amides is 1. The van der Waals surface area contributed by atoms with E-state index < -0.39 is 10.0 Å². The standard InChI is InChI=1S/C27H29N3O5S/c31-27(28-14-6-15-29-16-13-21-7-4-5-10-24(21)29)20-30(36(32,33)23-8-2-1-3-9-23)22-11-12-25-26(19-22)35-18-17-34-25/h1-5,7-12,19H,6,13-18,20H2,(H,28,31). The third-order valence-corrected chi connectivity index (χ3v) is 8.13. The zero-order valence-corrected chi connectivity index (χ0v) is 20.7. The minimum Gasteiger partial charge on any atom is -0.486 e. The Morgan fingerprint density at radius 3 is 2.53 bits per heavy atom. The first kappa shape index (κ1) is 24.0. The summed E-state index contributed by atoms with van der Waals surface area (Å²) >= 11 is 0. The summed E-state index contributed by atoms with van der Waals surface area (Å²) in [4.78, 5) is 15.3. The molecule has 188 valence electrons. The van der Waals surface area contributed by atoms with Gasteiger partial charge in [0.2, 0.25) is 5.91 Å². The minimum absolute atomic E-state index is 0.111. The van der Waals surface area contributed by atoms with Crippen molar-refractivity contribution in [3.05, 3.63) is 78.4 Å². The van der Waals surface area contributed by atoms with Gasteiger partial charge in [-0.1, -0.05) is 36.4 Å². The van der Waals surface area contributed by atoms with Crippen LogP contribution in [0.15, 0.2) is 77.7 Å². The van der Waals surface area contributed by atoms with Crippen LogP contribution in [0.2, 0.25) is 0 Å². The van der Waals surface area contributed by atoms with Crippen LogP contribution >= 0.6 is 0 Å². The third-order valence-electron chi connectivity index (χ3n) is 6.34. The second-order valence-corrected chi connectivity index (χ2v) is 10.6. The molecule has 8 nitrogen and oxygen atoms in total. The number of hydrogen-bond acceptors (Lipinski definition) is 6. The number of hydrogen-bond donors (Lipinski definition) is 1. The van der Waals surface area contributed by atoms with Crippen molar-refractivity contribution >= 4 is 27.3 Å². The molecule has 0 fully saturated rings. The normalized spacial score (nSPS) is 14.3. The average molecular weight is 508 g/mol. The molecule has 2 heterocycles. The van der Waals surface area contributed by atoms with E-state index in [4.69, 9.17) is 9.47 Å². The van der Waals surface area contributed by atoms with E-state index in [1.54, 1.807) is 36.4 Å². The SMILES string of the molecule is O=C(CN(c1ccc2c(c1)OCCO2)S(=O)(=O)c1ccccc1)NCCCN1CCc2ccccc21. The van der Waals surface area contributed by atoms with Gasteiger partial charge in [-0.25, -0.2) is 8.42 Å². The summed E-state index contributed by atoms with van der Waals surface area (Å²) in [7, 11) is -3.98. The number of benzene rings is 3. The van der Waals surface area contributed by atoms with Gasteiger partial charge in [-0.3, -0.25) is 9.10 Å². The Balaban J connectivity index is 1.27. The maximum Gasteiger partial charge on any atom is 0.264 e. The summed E-state index contributed by atoms with van der Waals surface area (Å²) in [6.07, 6.45) is 1.79. The number of sulfonamides is 1. The number of carbonyl (C=O) groups is 1. The smallest absolute Gasteiger partial charge is 0.264 e. The van der Waals surface area contributed by atoms with E-state index in [9.17, 15) is 13.2 Å². The summed E-state index contributed by atoms with van der Waals surface area (Å²) in [6.45, 7) is 2.72. The van der Waals surface area contributed by atoms with Gasteiger partial charge < -0.3 is 19.7 Å². The molecule has 36 heavy (non-hydrogen) atoms. The summed E-state index contributed by atoms with van der Waals surface area (Å²) in [5, 5.41) is 2.89. The van der Waals surface area contributed by atoms with E-state index in [0.29, 0.717) is 36.9 Å². The predicted molar refractivity (Wildman–Crippen MR) is 138 cm³/mol. The molecule has 0 spiro atoms. The fourth-order valence-corrected chi connectivity index (χ4v) is 5.98. The lowest BCUT2D eigenvalue weighted by Gasteiger charge is -2.26. The number of nitrogens with zero attached hydrogens (tertiary/aromatic N) is 2. The molecule has 0 unspecified atom stereocenters. The van der Waals surface area contributed by atoms with Crippen LogP contribution in [0.5, 0.6) is 11.5 Å². The third kappa shape index (κ3) is 5.11. The van der Waals surface area contributed by atoms with Gasteiger partial charge >= 0.3 is 0 Å². The first-order valence-corrected chi connectivity index (χ1v) is 13.5. The zero-order valence-electron chi connectivity index (χ0n) is 19.9. The summed E-state index contributed by atoms with van der Waals surface area (Å²) in [6, 6.07) is 21.4. The molecular weight excluding hydrogens is 478 g/mol. The molecule has 2 aliphatic heterocycles. The van der Waals surface area contributed by atoms with Gasteiger partial charge in [0.15, 0.2) is 11.5 Å². The molecule has 2 aliphatic rings. The van der Waals surface area contributed by atoms with Crippen molar-refractivity contribution in [2.45, 2.75) is 17.7 Å². The van der Waals surface area contributed by atoms with Crippen LogP contribution in [-0.2, 0) is 21.2 Å². The molecule has 3 aromatic rings. The molecule has 0 aromatic heterocycles. The van der Waals surface area contributed by atoms with E-state index in [1.165, 1.54) is 23.4 Å². The van der Waals surface area contributed by atoms with Crippen LogP contribution < -0.4 is 24.0 Å². The Morgan fingerprint density at radius 2 is 1.69 bits per heavy atom. The fraction of sp³-hybridized carbons (Fsp3) is 0.296. The second kappa shape index (κ2) is 10.5. The number of nitrogens with one attached hydrogen (secondary N) is 1. The largest absolute Gasteiger partial charge is 0.486 e. The highest BCUT2D eigenvalue weighted by atomic mass is 32.2. The van der Waals surface area contributed by atoms with Crippen molar-refractivity contribution in [1.82, 2.24) is 5.32 Å². The molecule has 0 atom stereocenters. The molecule has 0 aliphatic carbocycles. The van der Waals surface area contributed by atoms with Gasteiger partial charge in [0.25, 0.3) is 10.0 Å². The molecule has 3 aromatic carbocycles. The molecule has 0 saturated carbocycles. The average Bonchev–Trinajstić information content (AvgIpc) is 3.33. The van der Waals surface area contributed by atoms with Gasteiger partial charge in [0.05, 0.1) is 10.6 Å². The van der Waals surface area contributed by atoms with Crippen molar-refractivity contribution in [3.8, 4) is 11.5 Å². The Bertz CT molecular complexity index is 1330. The number of fused-ring (bicyclic) bond motifs is 2. The predicted octanol–water partition coefficient (Wildman–Crippen LogP) is 3.22. The fourth-order valence-electron chi connectivity index (χ4n) is 4.54. The van der Waals surface area contributed by atoms with Gasteiger partial charge in [-0.15, -0.1) is 0 Å². The first-order valence-electron chi connectivity index (χ1n) is 12.1. The van der Waals surface area contributed by atoms with Crippen molar-refractivity contribution in [1.29, 1.82) is 0 Å². The molecular formula is C27H29N3O5S. The van der Waals surface area contributed by atoms with Crippen LogP contribution in [0.1, 0.15) is 12.0 Å². The van der Waals surface area contributed by atoms with Crippen LogP contribution in [-0.4, -0.2) is 53.7 Å². The number of para-hydroxylation sites is 1. The van der Waals surface area contributed by atoms with Gasteiger partial charge in [-0.2, -0.15) is 0 Å². The van der Waals surface area contributed by atoms with Crippen molar-refractivity contribution in [3.63, 3.8) is 0 Å². The molecule has 0 radical (unpaired) electrons. The second-order valence-electron chi connectivity index (χ2n) is 8.72. The van der Waals surface area contributed by atoms with Crippen molar-refractivity contribution in [2.24, 2.45) is 0 Å². The van der Waals surface area contributed by atoms with Gasteiger partial charge in [-0.05, 0) is 48.7 Å². The van der Waals surface area contributed by atoms with E-state index in [0.717, 1.165) is 30.2 Å². The highest BCUT2D eigenvalue weighted by Gasteiger charge is 2.28. The van der Waals surface area contributed by atoms with E-state index >= 15 is 0 Å². The highest BCUT2D eigenvalue weighted by molar-refractivity contribution is 7.92. The lowest BCUT2D eigenvalue weighted by Crippen LogP contribution is -2.41. The number of carbonyl (C=O) groups excluding carboxylic acids is 1. The topological polar surface area (TPSA) is 88.2 Å². The summed E-state index contributed by atoms with van der Waals surface area (Å²) < 4.78 is 39.4. The number of ether oxygens (including phenoxy) is 2. The molecule has 1 amide bonds. The first-order chi connectivity index (χ1) is 17.5. The lowest BCUT2D eigenvalue weighted by molar-refractivity contribution is -0.119. The van der Waals surface area contributed by atoms with E-state index in [-0.39, 0.29) is 17.3 Å². The van der Waals surface area contributed by atoms with Gasteiger partial charge in [0, 0.05) is 31.4 Å². The summed E-state index contributed by atoms with van der Waals surface area (Å²) in [5.41, 5.74) is 2.94. The Hall–Kier alpha value is -3.72. The van der Waals surface area contributed by atoms with Crippen LogP contribution in [0.25, 0.3) is 0 Å². The van der Waals surface area contributed by atoms with Crippen LogP contribution in [0, 0.1) is 0 Å². The monoisotopic (exact) mass is 507 g/mol. The Labute approximate surface area is 211 Å². The maximum absolute atomic E-state index is 13.5. The van der Waals surface area contributed by atoms with E-state index in [2.05, 4.69) is 28.4 Å². The van der Waals surface area contributed by atoms with E-state index in [1.807, 2.05) is 6.07 Å². The summed E-state index contributed by atoms with van der Waals surface area (Å²) in [5.74, 6) is 0.638. The Kier molecular flexibility index (Phi) is 6.99. The maximum atomic E-state index is 13.5. The zero-order chi connectivity index (χ0) is 25.0. The molecule has 9 heteroatoms. The molecule has 0 saturated heterocycles. The number of rotatable bonds is 9. The lowest BCUT2D eigenvalue weighted by atomic mass is 10.2. The van der Waals surface area contributed by atoms with Crippen molar-refractivity contribution in [2.75, 3.05) is 48.6 Å². The molecule has 1 N–H and O–H groups in total. The van der Waals surface area contributed by atoms with Crippen LogP contribution in [0.3, 0.4) is 0 Å². The Morgan fingerprint density at radius 1 is 0.944 bits per heavy atom. The van der Waals surface area contributed by atoms with Crippen LogP contribution in [0.4, 0.5) is 11.4 Å². The molecule has 0 bridgehead atoms.